The Labute approximate surface area is 179 Å². The molecular weight excluding hydrogens is 406 g/mol. The number of aromatic nitrogens is 1. The van der Waals surface area contributed by atoms with Gasteiger partial charge in [0.05, 0.1) is 18.0 Å². The number of anilines is 2. The first-order chi connectivity index (χ1) is 14.3. The molecule has 10 heteroatoms. The van der Waals surface area contributed by atoms with Crippen LogP contribution < -0.4 is 26.4 Å². The van der Waals surface area contributed by atoms with Crippen LogP contribution in [0.1, 0.15) is 47.4 Å². The molecule has 1 aromatic heterocycles. The van der Waals surface area contributed by atoms with Gasteiger partial charge in [0.1, 0.15) is 17.2 Å². The third-order valence-electron chi connectivity index (χ3n) is 4.20. The summed E-state index contributed by atoms with van der Waals surface area (Å²) in [6.45, 7) is 6.58. The van der Waals surface area contributed by atoms with E-state index < -0.39 is 11.8 Å². The molecule has 0 aliphatic rings. The van der Waals surface area contributed by atoms with Gasteiger partial charge in [0.15, 0.2) is 5.69 Å². The summed E-state index contributed by atoms with van der Waals surface area (Å²) in [5.74, 6) is -0.833. The molecular formula is C20H27N5O4S. The lowest BCUT2D eigenvalue weighted by Crippen LogP contribution is -2.41. The van der Waals surface area contributed by atoms with Gasteiger partial charge in [-0.2, -0.15) is 4.37 Å². The Balaban J connectivity index is 2.37. The topological polar surface area (TPSA) is 141 Å². The zero-order valence-corrected chi connectivity index (χ0v) is 18.1. The monoisotopic (exact) mass is 433 g/mol. The fourth-order valence-corrected chi connectivity index (χ4v) is 3.43. The molecule has 0 radical (unpaired) electrons. The van der Waals surface area contributed by atoms with Gasteiger partial charge in [-0.3, -0.25) is 19.3 Å². The molecule has 1 aromatic carbocycles. The van der Waals surface area contributed by atoms with Crippen LogP contribution in [0, 0.1) is 5.92 Å². The van der Waals surface area contributed by atoms with Crippen molar-refractivity contribution in [1.29, 1.82) is 0 Å². The molecule has 0 spiro atoms. The van der Waals surface area contributed by atoms with Crippen LogP contribution in [-0.2, 0) is 4.79 Å². The van der Waals surface area contributed by atoms with E-state index >= 15 is 0 Å². The Kier molecular flexibility index (Phi) is 8.16. The Morgan fingerprint density at radius 1 is 1.27 bits per heavy atom. The Morgan fingerprint density at radius 3 is 2.57 bits per heavy atom. The third-order valence-corrected chi connectivity index (χ3v) is 5.05. The second kappa shape index (κ2) is 10.6. The van der Waals surface area contributed by atoms with E-state index in [1.165, 1.54) is 4.90 Å². The van der Waals surface area contributed by atoms with E-state index in [-0.39, 0.29) is 28.7 Å². The molecule has 0 aliphatic carbocycles. The SMILES string of the molecule is CCOc1ccccc1N(CC(=O)NCCC(C)C)C(=O)c1snc(C(N)=O)c1N. The maximum Gasteiger partial charge on any atom is 0.272 e. The van der Waals surface area contributed by atoms with Crippen LogP contribution >= 0.6 is 11.5 Å². The summed E-state index contributed by atoms with van der Waals surface area (Å²) in [4.78, 5) is 38.6. The van der Waals surface area contributed by atoms with E-state index in [0.29, 0.717) is 30.5 Å². The summed E-state index contributed by atoms with van der Waals surface area (Å²) < 4.78 is 9.51. The number of para-hydroxylation sites is 2. The summed E-state index contributed by atoms with van der Waals surface area (Å²) in [7, 11) is 0. The highest BCUT2D eigenvalue weighted by Gasteiger charge is 2.29. The second-order valence-electron chi connectivity index (χ2n) is 6.96. The fourth-order valence-electron chi connectivity index (χ4n) is 2.68. The van der Waals surface area contributed by atoms with Gasteiger partial charge in [-0.1, -0.05) is 26.0 Å². The lowest BCUT2D eigenvalue weighted by atomic mass is 10.1. The summed E-state index contributed by atoms with van der Waals surface area (Å²) in [6, 6.07) is 6.89. The highest BCUT2D eigenvalue weighted by atomic mass is 32.1. The fraction of sp³-hybridized carbons (Fsp3) is 0.400. The smallest absolute Gasteiger partial charge is 0.272 e. The number of hydrogen-bond donors (Lipinski definition) is 3. The quantitative estimate of drug-likeness (QED) is 0.524. The van der Waals surface area contributed by atoms with Gasteiger partial charge in [0.2, 0.25) is 5.91 Å². The average Bonchev–Trinajstić information content (AvgIpc) is 3.08. The molecule has 0 aliphatic heterocycles. The van der Waals surface area contributed by atoms with Crippen LogP contribution in [0.25, 0.3) is 0 Å². The van der Waals surface area contributed by atoms with Crippen LogP contribution in [0.2, 0.25) is 0 Å². The molecule has 5 N–H and O–H groups in total. The van der Waals surface area contributed by atoms with Gasteiger partial charge in [0.25, 0.3) is 11.8 Å². The first-order valence-corrected chi connectivity index (χ1v) is 10.4. The molecule has 0 fully saturated rings. The summed E-state index contributed by atoms with van der Waals surface area (Å²) in [5, 5.41) is 2.82. The zero-order chi connectivity index (χ0) is 22.3. The number of amides is 3. The van der Waals surface area contributed by atoms with Gasteiger partial charge in [-0.15, -0.1) is 0 Å². The molecule has 30 heavy (non-hydrogen) atoms. The van der Waals surface area contributed by atoms with Crippen molar-refractivity contribution in [3.8, 4) is 5.75 Å². The van der Waals surface area contributed by atoms with E-state index in [9.17, 15) is 14.4 Å². The zero-order valence-electron chi connectivity index (χ0n) is 17.3. The molecule has 0 bridgehead atoms. The van der Waals surface area contributed by atoms with Crippen molar-refractivity contribution in [2.24, 2.45) is 11.7 Å². The number of primary amides is 1. The average molecular weight is 434 g/mol. The molecule has 9 nitrogen and oxygen atoms in total. The number of carbonyl (C=O) groups is 3. The van der Waals surface area contributed by atoms with E-state index in [2.05, 4.69) is 23.5 Å². The number of nitrogens with one attached hydrogen (secondary N) is 1. The van der Waals surface area contributed by atoms with Gasteiger partial charge < -0.3 is 21.5 Å². The first kappa shape index (κ1) is 23.1. The minimum atomic E-state index is -0.824. The van der Waals surface area contributed by atoms with Crippen LogP contribution in [0.3, 0.4) is 0 Å². The molecule has 0 saturated carbocycles. The van der Waals surface area contributed by atoms with E-state index in [1.54, 1.807) is 24.3 Å². The van der Waals surface area contributed by atoms with Crippen molar-refractivity contribution in [3.05, 3.63) is 34.8 Å². The number of nitrogens with two attached hydrogens (primary N) is 2. The van der Waals surface area contributed by atoms with Gasteiger partial charge >= 0.3 is 0 Å². The number of nitrogens with zero attached hydrogens (tertiary/aromatic N) is 2. The summed E-state index contributed by atoms with van der Waals surface area (Å²) in [5.41, 5.74) is 11.3. The van der Waals surface area contributed by atoms with Crippen LogP contribution in [-0.4, -0.2) is 41.8 Å². The number of benzene rings is 1. The number of hydrogen-bond acceptors (Lipinski definition) is 7. The maximum atomic E-state index is 13.3. The Hall–Kier alpha value is -3.14. The Morgan fingerprint density at radius 2 is 1.97 bits per heavy atom. The lowest BCUT2D eigenvalue weighted by molar-refractivity contribution is -0.119. The number of carbonyl (C=O) groups excluding carboxylic acids is 3. The van der Waals surface area contributed by atoms with Crippen molar-refractivity contribution >= 4 is 40.6 Å². The number of nitrogen functional groups attached to an aromatic ring is 1. The highest BCUT2D eigenvalue weighted by molar-refractivity contribution is 7.09. The minimum Gasteiger partial charge on any atom is -0.492 e. The van der Waals surface area contributed by atoms with E-state index in [4.69, 9.17) is 16.2 Å². The standard InChI is InChI=1S/C20H27N5O4S/c1-4-29-14-8-6-5-7-13(14)25(11-15(26)23-10-9-12(2)3)20(28)18-16(21)17(19(22)27)24-30-18/h5-8,12H,4,9-11,21H2,1-3H3,(H2,22,27)(H,23,26). The van der Waals surface area contributed by atoms with Gasteiger partial charge in [-0.25, -0.2) is 0 Å². The van der Waals surface area contributed by atoms with Crippen LogP contribution in [0.5, 0.6) is 5.75 Å². The predicted molar refractivity (Wildman–Crippen MR) is 117 cm³/mol. The van der Waals surface area contributed by atoms with Crippen LogP contribution in [0.4, 0.5) is 11.4 Å². The van der Waals surface area contributed by atoms with Crippen molar-refractivity contribution in [1.82, 2.24) is 9.69 Å². The molecule has 0 unspecified atom stereocenters. The highest BCUT2D eigenvalue weighted by Crippen LogP contribution is 2.31. The number of rotatable bonds is 10. The van der Waals surface area contributed by atoms with E-state index in [0.717, 1.165) is 18.0 Å². The molecule has 162 valence electrons. The normalized spacial score (nSPS) is 10.7. The van der Waals surface area contributed by atoms with E-state index in [1.807, 2.05) is 6.92 Å². The molecule has 1 heterocycles. The first-order valence-electron chi connectivity index (χ1n) is 9.61. The molecule has 3 amide bonds. The molecule has 2 rings (SSSR count). The predicted octanol–water partition coefficient (Wildman–Crippen LogP) is 2.03. The van der Waals surface area contributed by atoms with Gasteiger partial charge in [-0.05, 0) is 42.9 Å². The second-order valence-corrected chi connectivity index (χ2v) is 7.74. The van der Waals surface area contributed by atoms with Crippen molar-refractivity contribution in [2.45, 2.75) is 27.2 Å². The Bertz CT molecular complexity index is 912. The summed E-state index contributed by atoms with van der Waals surface area (Å²) >= 11 is 0.764. The molecule has 2 aromatic rings. The minimum absolute atomic E-state index is 0.0325. The van der Waals surface area contributed by atoms with Crippen molar-refractivity contribution in [2.75, 3.05) is 30.3 Å². The van der Waals surface area contributed by atoms with Crippen LogP contribution in [0.15, 0.2) is 24.3 Å². The summed E-state index contributed by atoms with van der Waals surface area (Å²) in [6.07, 6.45) is 0.818. The van der Waals surface area contributed by atoms with Crippen molar-refractivity contribution < 1.29 is 19.1 Å². The molecule has 0 saturated heterocycles. The third kappa shape index (κ3) is 5.69. The largest absolute Gasteiger partial charge is 0.492 e. The molecule has 0 atom stereocenters. The maximum absolute atomic E-state index is 13.3. The van der Waals surface area contributed by atoms with Crippen molar-refractivity contribution in [3.63, 3.8) is 0 Å². The lowest BCUT2D eigenvalue weighted by Gasteiger charge is -2.24. The number of ether oxygens (including phenoxy) is 1. The van der Waals surface area contributed by atoms with Gasteiger partial charge in [0, 0.05) is 6.54 Å².